The summed E-state index contributed by atoms with van der Waals surface area (Å²) < 4.78 is 0. The first-order valence-corrected chi connectivity index (χ1v) is 22.7. The molecule has 0 aliphatic rings. The molecule has 0 aromatic carbocycles. The first kappa shape index (κ1) is 49.6. The molecule has 0 aromatic rings. The highest BCUT2D eigenvalue weighted by molar-refractivity contribution is 5.76. The third-order valence-corrected chi connectivity index (χ3v) is 10.3. The number of hydrogen-bond acceptors (Lipinski definition) is 3. The Morgan fingerprint density at radius 3 is 1.14 bits per heavy atom. The molecule has 1 amide bonds. The number of amides is 1. The van der Waals surface area contributed by atoms with Gasteiger partial charge in [0.1, 0.15) is 0 Å². The van der Waals surface area contributed by atoms with Crippen LogP contribution in [0.15, 0.2) is 36.5 Å². The maximum absolute atomic E-state index is 12.4. The molecule has 0 saturated heterocycles. The van der Waals surface area contributed by atoms with E-state index in [1.165, 1.54) is 173 Å². The van der Waals surface area contributed by atoms with E-state index in [2.05, 4.69) is 43.5 Å². The van der Waals surface area contributed by atoms with E-state index in [1.807, 2.05) is 6.08 Å². The van der Waals surface area contributed by atoms with Crippen molar-refractivity contribution in [2.24, 2.45) is 0 Å². The summed E-state index contributed by atoms with van der Waals surface area (Å²) in [6.07, 6.45) is 56.9. The van der Waals surface area contributed by atoms with E-state index < -0.39 is 12.1 Å². The van der Waals surface area contributed by atoms with Crippen molar-refractivity contribution >= 4 is 5.91 Å². The Balaban J connectivity index is 3.59. The van der Waals surface area contributed by atoms with Gasteiger partial charge in [0.05, 0.1) is 18.8 Å². The van der Waals surface area contributed by atoms with Gasteiger partial charge in [-0.05, 0) is 57.8 Å². The summed E-state index contributed by atoms with van der Waals surface area (Å²) in [6, 6.07) is -0.642. The summed E-state index contributed by atoms with van der Waals surface area (Å²) in [5.41, 5.74) is 0. The Bertz CT molecular complexity index is 775. The van der Waals surface area contributed by atoms with Gasteiger partial charge >= 0.3 is 0 Å². The number of nitrogens with one attached hydrogen (secondary N) is 1. The molecule has 3 N–H and O–H groups in total. The Labute approximate surface area is 319 Å². The summed E-state index contributed by atoms with van der Waals surface area (Å²) in [6.45, 7) is 4.30. The summed E-state index contributed by atoms with van der Waals surface area (Å²) in [7, 11) is 0. The van der Waals surface area contributed by atoms with Crippen molar-refractivity contribution in [3.63, 3.8) is 0 Å². The molecule has 4 nitrogen and oxygen atoms in total. The SMILES string of the molecule is CCCCCCCC/C=C\CCCCCCCC(=O)NC(CO)C(O)/C=C/CC/C=C/CCCCCCCCCCCCCCCCCCCC. The van der Waals surface area contributed by atoms with E-state index in [0.717, 1.165) is 44.9 Å². The Morgan fingerprint density at radius 1 is 0.451 bits per heavy atom. The van der Waals surface area contributed by atoms with Crippen LogP contribution >= 0.6 is 0 Å². The third kappa shape index (κ3) is 39.6. The van der Waals surface area contributed by atoms with Crippen LogP contribution < -0.4 is 5.32 Å². The Morgan fingerprint density at radius 2 is 0.765 bits per heavy atom. The highest BCUT2D eigenvalue weighted by atomic mass is 16.3. The maximum atomic E-state index is 12.4. The van der Waals surface area contributed by atoms with Gasteiger partial charge in [-0.25, -0.2) is 0 Å². The first-order valence-electron chi connectivity index (χ1n) is 22.7. The molecule has 51 heavy (non-hydrogen) atoms. The summed E-state index contributed by atoms with van der Waals surface area (Å²) in [4.78, 5) is 12.4. The second-order valence-corrected chi connectivity index (χ2v) is 15.5. The molecule has 0 fully saturated rings. The van der Waals surface area contributed by atoms with Crippen LogP contribution in [0.1, 0.15) is 239 Å². The number of aliphatic hydroxyl groups is 2. The topological polar surface area (TPSA) is 69.6 Å². The van der Waals surface area contributed by atoms with Crippen molar-refractivity contribution in [2.45, 2.75) is 251 Å². The lowest BCUT2D eigenvalue weighted by atomic mass is 10.0. The minimum absolute atomic E-state index is 0.0818. The molecule has 0 aromatic heterocycles. The molecule has 300 valence electrons. The fourth-order valence-corrected chi connectivity index (χ4v) is 6.84. The van der Waals surface area contributed by atoms with Crippen molar-refractivity contribution in [1.82, 2.24) is 5.32 Å². The van der Waals surface area contributed by atoms with Crippen LogP contribution in [0.5, 0.6) is 0 Å². The molecule has 0 aliphatic carbocycles. The molecule has 0 rings (SSSR count). The summed E-state index contributed by atoms with van der Waals surface area (Å²) in [5, 5.41) is 23.0. The molecule has 0 aliphatic heterocycles. The fourth-order valence-electron chi connectivity index (χ4n) is 6.84. The normalized spacial score (nSPS) is 13.3. The van der Waals surface area contributed by atoms with Gasteiger partial charge in [0.15, 0.2) is 0 Å². The number of carbonyl (C=O) groups excluding carboxylic acids is 1. The van der Waals surface area contributed by atoms with Crippen molar-refractivity contribution in [1.29, 1.82) is 0 Å². The summed E-state index contributed by atoms with van der Waals surface area (Å²) in [5.74, 6) is -0.0818. The number of allylic oxidation sites excluding steroid dienone is 5. The van der Waals surface area contributed by atoms with Crippen molar-refractivity contribution in [3.8, 4) is 0 Å². The minimum Gasteiger partial charge on any atom is -0.394 e. The monoisotopic (exact) mass is 716 g/mol. The smallest absolute Gasteiger partial charge is 0.220 e. The largest absolute Gasteiger partial charge is 0.394 e. The molecular weight excluding hydrogens is 627 g/mol. The number of unbranched alkanes of at least 4 members (excludes halogenated alkanes) is 30. The highest BCUT2D eigenvalue weighted by Gasteiger charge is 2.17. The van der Waals surface area contributed by atoms with E-state index in [1.54, 1.807) is 6.08 Å². The van der Waals surface area contributed by atoms with Crippen LogP contribution in [0.25, 0.3) is 0 Å². The van der Waals surface area contributed by atoms with Crippen molar-refractivity contribution < 1.29 is 15.0 Å². The van der Waals surface area contributed by atoms with Crippen LogP contribution in [0.3, 0.4) is 0 Å². The fraction of sp³-hybridized carbons (Fsp3) is 0.851. The molecule has 2 atom stereocenters. The maximum Gasteiger partial charge on any atom is 0.220 e. The molecule has 0 bridgehead atoms. The Kier molecular flexibility index (Phi) is 41.8. The zero-order valence-corrected chi connectivity index (χ0v) is 34.4. The van der Waals surface area contributed by atoms with Gasteiger partial charge < -0.3 is 15.5 Å². The van der Waals surface area contributed by atoms with Crippen LogP contribution in [0.4, 0.5) is 0 Å². The number of rotatable bonds is 41. The van der Waals surface area contributed by atoms with Gasteiger partial charge in [-0.2, -0.15) is 0 Å². The lowest BCUT2D eigenvalue weighted by Crippen LogP contribution is -2.45. The van der Waals surface area contributed by atoms with Crippen molar-refractivity contribution in [2.75, 3.05) is 6.61 Å². The van der Waals surface area contributed by atoms with Crippen LogP contribution in [-0.4, -0.2) is 34.9 Å². The molecule has 0 heterocycles. The van der Waals surface area contributed by atoms with Crippen LogP contribution in [-0.2, 0) is 4.79 Å². The molecular formula is C47H89NO3. The lowest BCUT2D eigenvalue weighted by molar-refractivity contribution is -0.123. The molecule has 4 heteroatoms. The molecule has 0 radical (unpaired) electrons. The van der Waals surface area contributed by atoms with Crippen LogP contribution in [0.2, 0.25) is 0 Å². The number of carbonyl (C=O) groups is 1. The third-order valence-electron chi connectivity index (χ3n) is 10.3. The average Bonchev–Trinajstić information content (AvgIpc) is 3.13. The van der Waals surface area contributed by atoms with Gasteiger partial charge in [-0.1, -0.05) is 211 Å². The van der Waals surface area contributed by atoms with Crippen LogP contribution in [0, 0.1) is 0 Å². The zero-order valence-electron chi connectivity index (χ0n) is 34.4. The quantitative estimate of drug-likeness (QED) is 0.0436. The Hall–Kier alpha value is -1.39. The van der Waals surface area contributed by atoms with E-state index in [0.29, 0.717) is 6.42 Å². The zero-order chi connectivity index (χ0) is 37.1. The minimum atomic E-state index is -0.864. The predicted molar refractivity (Wildman–Crippen MR) is 225 cm³/mol. The van der Waals surface area contributed by atoms with Gasteiger partial charge in [0.25, 0.3) is 0 Å². The average molecular weight is 716 g/mol. The van der Waals surface area contributed by atoms with E-state index in [-0.39, 0.29) is 12.5 Å². The second-order valence-electron chi connectivity index (χ2n) is 15.5. The first-order chi connectivity index (χ1) is 25.2. The van der Waals surface area contributed by atoms with E-state index in [4.69, 9.17) is 0 Å². The highest BCUT2D eigenvalue weighted by Crippen LogP contribution is 2.15. The number of aliphatic hydroxyl groups excluding tert-OH is 2. The molecule has 0 spiro atoms. The second kappa shape index (κ2) is 43.0. The van der Waals surface area contributed by atoms with Gasteiger partial charge in [-0.3, -0.25) is 4.79 Å². The van der Waals surface area contributed by atoms with Crippen molar-refractivity contribution in [3.05, 3.63) is 36.5 Å². The van der Waals surface area contributed by atoms with E-state index >= 15 is 0 Å². The lowest BCUT2D eigenvalue weighted by Gasteiger charge is -2.19. The van der Waals surface area contributed by atoms with E-state index in [9.17, 15) is 15.0 Å². The molecule has 0 saturated carbocycles. The standard InChI is InChI=1S/C47H89NO3/c1-3-5-7-9-11-13-15-17-19-20-21-22-23-24-25-26-27-29-30-32-34-36-38-40-42-46(50)45(44-49)48-47(51)43-41-39-37-35-33-31-28-18-16-14-12-10-8-6-4-2/h18,28,32,34,40,42,45-46,49-50H,3-17,19-27,29-31,33,35-39,41,43-44H2,1-2H3,(H,48,51)/b28-18-,34-32+,42-40+. The van der Waals surface area contributed by atoms with Gasteiger partial charge in [0.2, 0.25) is 5.91 Å². The molecule has 2 unspecified atom stereocenters. The van der Waals surface area contributed by atoms with Gasteiger partial charge in [-0.15, -0.1) is 0 Å². The summed E-state index contributed by atoms with van der Waals surface area (Å²) >= 11 is 0. The van der Waals surface area contributed by atoms with Gasteiger partial charge in [0, 0.05) is 6.42 Å². The predicted octanol–water partition coefficient (Wildman–Crippen LogP) is 14.2. The number of hydrogen-bond donors (Lipinski definition) is 3.